The molecule has 2 heterocycles. The number of likely N-dealkylation sites (N-methyl/N-ethyl adjacent to an activating group) is 1. The molecule has 1 saturated heterocycles. The van der Waals surface area contributed by atoms with Gasteiger partial charge in [0, 0.05) is 12.1 Å². The zero-order chi connectivity index (χ0) is 22.9. The van der Waals surface area contributed by atoms with Crippen LogP contribution in [-0.4, -0.2) is 132 Å². The minimum absolute atomic E-state index is 0. The standard InChI is InChI=1S/C19H37N5O7.Na.H/c1-19(27)7-28-18(13(26)16(19)24-2)31-15-11(23)5-10(22)14(12(15)25)30-17-9(21)4-3-8(6-20)29-17;;/h3,9-18,24-27H,4-7,20-23H2,1-2H3;;/t9?,10-,11+,12-,13+,14+,15-,16+,17?,18+,19-;;/m0../s1. The summed E-state index contributed by atoms with van der Waals surface area (Å²) in [5, 5.41) is 34.9. The first-order valence-electron chi connectivity index (χ1n) is 10.6. The average molecular weight is 472 g/mol. The van der Waals surface area contributed by atoms with E-state index in [2.05, 4.69) is 5.32 Å². The van der Waals surface area contributed by atoms with Crippen molar-refractivity contribution < 1.29 is 34.3 Å². The molecule has 2 fully saturated rings. The van der Waals surface area contributed by atoms with Gasteiger partial charge in [0.05, 0.1) is 25.2 Å². The van der Waals surface area contributed by atoms with Crippen molar-refractivity contribution in [1.29, 1.82) is 0 Å². The summed E-state index contributed by atoms with van der Waals surface area (Å²) < 4.78 is 23.1. The molecule has 1 saturated carbocycles. The Balaban J connectivity index is 0.00000363. The Morgan fingerprint density at radius 2 is 1.69 bits per heavy atom. The number of nitrogens with two attached hydrogens (primary N) is 4. The summed E-state index contributed by atoms with van der Waals surface area (Å²) in [6.07, 6.45) is -3.56. The molecule has 0 aromatic rings. The fourth-order valence-corrected chi connectivity index (χ4v) is 4.44. The summed E-state index contributed by atoms with van der Waals surface area (Å²) in [7, 11) is 1.62. The fraction of sp³-hybridized carbons (Fsp3) is 0.895. The van der Waals surface area contributed by atoms with E-state index in [1.54, 1.807) is 20.0 Å². The van der Waals surface area contributed by atoms with E-state index < -0.39 is 66.8 Å². The van der Waals surface area contributed by atoms with Gasteiger partial charge >= 0.3 is 29.6 Å². The fourth-order valence-electron chi connectivity index (χ4n) is 4.44. The molecule has 2 unspecified atom stereocenters. The summed E-state index contributed by atoms with van der Waals surface area (Å²) in [6, 6.07) is -2.37. The van der Waals surface area contributed by atoms with Crippen LogP contribution >= 0.6 is 0 Å². The van der Waals surface area contributed by atoms with E-state index in [0.717, 1.165) is 0 Å². The molecule has 11 atom stereocenters. The van der Waals surface area contributed by atoms with Crippen LogP contribution in [0.1, 0.15) is 19.8 Å². The molecule has 0 aromatic heterocycles. The number of hydrogen-bond acceptors (Lipinski definition) is 12. The number of aliphatic hydroxyl groups is 3. The Morgan fingerprint density at radius 1 is 1.09 bits per heavy atom. The Bertz CT molecular complexity index is 645. The third kappa shape index (κ3) is 6.01. The first kappa shape index (κ1) is 28.3. The predicted octanol–water partition coefficient (Wildman–Crippen LogP) is -4.50. The van der Waals surface area contributed by atoms with Crippen LogP contribution in [0.15, 0.2) is 11.8 Å². The number of nitrogens with one attached hydrogen (secondary N) is 1. The number of aliphatic hydroxyl groups excluding tert-OH is 2. The summed E-state index contributed by atoms with van der Waals surface area (Å²) >= 11 is 0. The minimum atomic E-state index is -1.29. The molecular formula is C19H38N5NaO7. The van der Waals surface area contributed by atoms with E-state index in [1.807, 2.05) is 0 Å². The average Bonchev–Trinajstić information content (AvgIpc) is 2.71. The second-order valence-corrected chi connectivity index (χ2v) is 8.81. The molecule has 0 amide bonds. The van der Waals surface area contributed by atoms with Gasteiger partial charge in [-0.1, -0.05) is 0 Å². The van der Waals surface area contributed by atoms with Crippen LogP contribution in [0.3, 0.4) is 0 Å². The van der Waals surface area contributed by atoms with Gasteiger partial charge in [0.1, 0.15) is 35.8 Å². The molecule has 0 aromatic carbocycles. The van der Waals surface area contributed by atoms with Gasteiger partial charge in [-0.3, -0.25) is 0 Å². The van der Waals surface area contributed by atoms with Crippen LogP contribution in [0.25, 0.3) is 0 Å². The van der Waals surface area contributed by atoms with E-state index >= 15 is 0 Å². The van der Waals surface area contributed by atoms with Crippen molar-refractivity contribution in [3.8, 4) is 0 Å². The quantitative estimate of drug-likeness (QED) is 0.172. The maximum absolute atomic E-state index is 11.0. The zero-order valence-electron chi connectivity index (χ0n) is 18.0. The summed E-state index contributed by atoms with van der Waals surface area (Å²) in [4.78, 5) is 0. The molecule has 12 nitrogen and oxygen atoms in total. The van der Waals surface area contributed by atoms with Crippen LogP contribution in [-0.2, 0) is 18.9 Å². The number of hydrogen-bond donors (Lipinski definition) is 8. The van der Waals surface area contributed by atoms with Crippen molar-refractivity contribution in [1.82, 2.24) is 5.32 Å². The molecule has 1 aliphatic carbocycles. The van der Waals surface area contributed by atoms with Crippen LogP contribution in [0.5, 0.6) is 0 Å². The Kier molecular flexibility index (Phi) is 10.4. The van der Waals surface area contributed by atoms with Gasteiger partial charge < -0.3 is 62.5 Å². The maximum atomic E-state index is 11.0. The summed E-state index contributed by atoms with van der Waals surface area (Å²) in [5.41, 5.74) is 22.9. The van der Waals surface area contributed by atoms with Gasteiger partial charge in [0.2, 0.25) is 6.29 Å². The van der Waals surface area contributed by atoms with E-state index in [4.69, 9.17) is 41.9 Å². The molecule has 32 heavy (non-hydrogen) atoms. The van der Waals surface area contributed by atoms with Gasteiger partial charge in [0.15, 0.2) is 6.29 Å². The Hall–Kier alpha value is 0.1000. The van der Waals surface area contributed by atoms with Crippen LogP contribution < -0.4 is 28.3 Å². The van der Waals surface area contributed by atoms with Crippen LogP contribution in [0, 0.1) is 0 Å². The molecule has 2 aliphatic heterocycles. The Morgan fingerprint density at radius 3 is 2.25 bits per heavy atom. The van der Waals surface area contributed by atoms with Crippen molar-refractivity contribution in [2.24, 2.45) is 22.9 Å². The van der Waals surface area contributed by atoms with Crippen molar-refractivity contribution in [2.75, 3.05) is 20.2 Å². The molecule has 3 rings (SSSR count). The summed E-state index contributed by atoms with van der Waals surface area (Å²) in [6.45, 7) is 1.68. The molecule has 0 bridgehead atoms. The van der Waals surface area contributed by atoms with Crippen molar-refractivity contribution in [2.45, 2.75) is 86.5 Å². The van der Waals surface area contributed by atoms with Gasteiger partial charge in [-0.25, -0.2) is 0 Å². The van der Waals surface area contributed by atoms with Gasteiger partial charge in [-0.15, -0.1) is 0 Å². The van der Waals surface area contributed by atoms with Crippen LogP contribution in [0.4, 0.5) is 0 Å². The molecule has 12 N–H and O–H groups in total. The van der Waals surface area contributed by atoms with Gasteiger partial charge in [-0.05, 0) is 32.9 Å². The normalized spacial score (nSPS) is 47.2. The van der Waals surface area contributed by atoms with E-state index in [9.17, 15) is 15.3 Å². The van der Waals surface area contributed by atoms with Gasteiger partial charge in [-0.2, -0.15) is 0 Å². The Labute approximate surface area is 210 Å². The second-order valence-electron chi connectivity index (χ2n) is 8.81. The topological polar surface area (TPSA) is 214 Å². The van der Waals surface area contributed by atoms with E-state index in [-0.39, 0.29) is 42.7 Å². The zero-order valence-corrected chi connectivity index (χ0v) is 18.0. The number of rotatable bonds is 6. The molecule has 13 heteroatoms. The first-order valence-corrected chi connectivity index (χ1v) is 10.6. The van der Waals surface area contributed by atoms with Gasteiger partial charge in [0.25, 0.3) is 0 Å². The molecule has 3 aliphatic rings. The second kappa shape index (κ2) is 11.7. The first-order chi connectivity index (χ1) is 14.6. The molecular weight excluding hydrogens is 433 g/mol. The van der Waals surface area contributed by atoms with Crippen molar-refractivity contribution in [3.05, 3.63) is 11.8 Å². The monoisotopic (exact) mass is 471 g/mol. The molecule has 182 valence electrons. The molecule has 0 radical (unpaired) electrons. The third-order valence-electron chi connectivity index (χ3n) is 6.22. The molecule has 0 spiro atoms. The van der Waals surface area contributed by atoms with Crippen molar-refractivity contribution >= 4 is 29.6 Å². The third-order valence-corrected chi connectivity index (χ3v) is 6.22. The van der Waals surface area contributed by atoms with Crippen LogP contribution in [0.2, 0.25) is 0 Å². The van der Waals surface area contributed by atoms with Crippen molar-refractivity contribution in [3.63, 3.8) is 0 Å². The summed E-state index contributed by atoms with van der Waals surface area (Å²) in [5.74, 6) is 0.555. The number of ether oxygens (including phenoxy) is 4. The van der Waals surface area contributed by atoms with E-state index in [0.29, 0.717) is 18.6 Å². The predicted molar refractivity (Wildman–Crippen MR) is 117 cm³/mol. The SMILES string of the molecule is CN[C@@H]1[C@@H](O)[C@@H](O[C@@H]2[C@@H](O)[C@H](OC3OC(CN)=CCC3N)[C@@H](N)C[C@H]2N)OC[C@]1(C)O.[NaH]. The van der Waals surface area contributed by atoms with E-state index in [1.165, 1.54) is 0 Å².